The Balaban J connectivity index is 2.09. The molecule has 0 unspecified atom stereocenters. The van der Waals surface area contributed by atoms with Gasteiger partial charge in [-0.3, -0.25) is 4.90 Å². The predicted octanol–water partition coefficient (Wildman–Crippen LogP) is 2.47. The van der Waals surface area contributed by atoms with Crippen LogP contribution in [-0.4, -0.2) is 23.3 Å². The Morgan fingerprint density at radius 3 is 2.84 bits per heavy atom. The fourth-order valence-electron chi connectivity index (χ4n) is 1.54. The lowest BCUT2D eigenvalue weighted by Crippen LogP contribution is -2.21. The molecule has 1 aromatic heterocycles. The molecule has 0 spiro atoms. The van der Waals surface area contributed by atoms with Gasteiger partial charge in [-0.15, -0.1) is 5.10 Å². The van der Waals surface area contributed by atoms with Crippen LogP contribution in [-0.2, 0) is 6.54 Å². The van der Waals surface area contributed by atoms with Gasteiger partial charge in [0.05, 0.1) is 6.54 Å². The van der Waals surface area contributed by atoms with E-state index in [1.54, 1.807) is 24.1 Å². The van der Waals surface area contributed by atoms with E-state index in [-0.39, 0.29) is 5.82 Å². The molecule has 102 valence electrons. The summed E-state index contributed by atoms with van der Waals surface area (Å²) in [5, 5.41) is 11.1. The molecule has 1 N–H and O–H groups in total. The fourth-order valence-corrected chi connectivity index (χ4v) is 1.54. The molecule has 1 aromatic carbocycles. The summed E-state index contributed by atoms with van der Waals surface area (Å²) in [6.45, 7) is 4.59. The molecule has 0 aliphatic rings. The monoisotopic (exact) mass is 264 g/mol. The van der Waals surface area contributed by atoms with Crippen LogP contribution in [0, 0.1) is 5.82 Å². The summed E-state index contributed by atoms with van der Waals surface area (Å²) in [6, 6.07) is 6.90. The number of nitrogens with zero attached hydrogens (tertiary/aromatic N) is 3. The van der Waals surface area contributed by atoms with Crippen molar-refractivity contribution in [3.8, 4) is 0 Å². The average Bonchev–Trinajstić information content (AvgIpc) is 2.84. The summed E-state index contributed by atoms with van der Waals surface area (Å²) in [6.07, 6.45) is 0. The Hall–Kier alpha value is -1.95. The maximum absolute atomic E-state index is 13.2. The zero-order chi connectivity index (χ0) is 13.8. The second kappa shape index (κ2) is 5.79. The lowest BCUT2D eigenvalue weighted by atomic mass is 10.3. The first-order valence-corrected chi connectivity index (χ1v) is 6.11. The quantitative estimate of drug-likeness (QED) is 0.899. The molecule has 5 nitrogen and oxygen atoms in total. The Labute approximate surface area is 111 Å². The van der Waals surface area contributed by atoms with Crippen LogP contribution in [0.4, 0.5) is 16.1 Å². The van der Waals surface area contributed by atoms with Gasteiger partial charge in [0.25, 0.3) is 0 Å². The van der Waals surface area contributed by atoms with Gasteiger partial charge in [0.2, 0.25) is 5.89 Å². The van der Waals surface area contributed by atoms with Gasteiger partial charge in [0.1, 0.15) is 5.82 Å². The summed E-state index contributed by atoms with van der Waals surface area (Å²) in [5.41, 5.74) is 0.659. The van der Waals surface area contributed by atoms with E-state index in [0.29, 0.717) is 30.2 Å². The topological polar surface area (TPSA) is 54.2 Å². The molecule has 0 saturated heterocycles. The van der Waals surface area contributed by atoms with Crippen molar-refractivity contribution >= 4 is 11.7 Å². The highest BCUT2D eigenvalue weighted by molar-refractivity contribution is 5.54. The fraction of sp³-hybridized carbons (Fsp3) is 0.385. The van der Waals surface area contributed by atoms with Gasteiger partial charge in [-0.25, -0.2) is 4.39 Å². The lowest BCUT2D eigenvalue weighted by Gasteiger charge is -2.13. The predicted molar refractivity (Wildman–Crippen MR) is 70.7 cm³/mol. The van der Waals surface area contributed by atoms with Crippen molar-refractivity contribution in [2.45, 2.75) is 26.4 Å². The first-order valence-electron chi connectivity index (χ1n) is 6.11. The second-order valence-electron chi connectivity index (χ2n) is 4.55. The van der Waals surface area contributed by atoms with Crippen molar-refractivity contribution in [1.82, 2.24) is 15.5 Å². The molecule has 0 aliphatic heterocycles. The van der Waals surface area contributed by atoms with Crippen LogP contribution < -0.4 is 10.2 Å². The first kappa shape index (κ1) is 13.5. The lowest BCUT2D eigenvalue weighted by molar-refractivity contribution is 0.454. The third-order valence-electron chi connectivity index (χ3n) is 2.60. The average molecular weight is 264 g/mol. The molecule has 6 heteroatoms. The van der Waals surface area contributed by atoms with E-state index in [1.807, 2.05) is 13.8 Å². The minimum Gasteiger partial charge on any atom is -0.406 e. The maximum Gasteiger partial charge on any atom is 0.322 e. The Morgan fingerprint density at radius 1 is 1.37 bits per heavy atom. The van der Waals surface area contributed by atoms with E-state index in [0.717, 1.165) is 0 Å². The molecule has 0 amide bonds. The number of hydrogen-bond donors (Lipinski definition) is 1. The number of nitrogens with one attached hydrogen (secondary N) is 1. The Morgan fingerprint density at radius 2 is 2.16 bits per heavy atom. The molecule has 0 atom stereocenters. The third-order valence-corrected chi connectivity index (χ3v) is 2.60. The number of aromatic nitrogens is 2. The number of anilines is 2. The molecule has 0 radical (unpaired) electrons. The van der Waals surface area contributed by atoms with E-state index < -0.39 is 0 Å². The molecule has 2 aromatic rings. The molecule has 0 aliphatic carbocycles. The van der Waals surface area contributed by atoms with Gasteiger partial charge in [-0.1, -0.05) is 25.0 Å². The van der Waals surface area contributed by atoms with Crippen LogP contribution in [0.5, 0.6) is 0 Å². The van der Waals surface area contributed by atoms with Crippen molar-refractivity contribution in [3.63, 3.8) is 0 Å². The third kappa shape index (κ3) is 3.51. The molecule has 19 heavy (non-hydrogen) atoms. The number of rotatable bonds is 5. The van der Waals surface area contributed by atoms with E-state index in [2.05, 4.69) is 15.5 Å². The highest BCUT2D eigenvalue weighted by atomic mass is 19.1. The normalized spacial score (nSPS) is 11.0. The van der Waals surface area contributed by atoms with Crippen LogP contribution >= 0.6 is 0 Å². The summed E-state index contributed by atoms with van der Waals surface area (Å²) >= 11 is 0. The van der Waals surface area contributed by atoms with Gasteiger partial charge in [-0.2, -0.15) is 0 Å². The Bertz CT molecular complexity index is 541. The summed E-state index contributed by atoms with van der Waals surface area (Å²) in [5.74, 6) is 0.206. The van der Waals surface area contributed by atoms with Crippen molar-refractivity contribution in [1.29, 1.82) is 0 Å². The zero-order valence-corrected chi connectivity index (χ0v) is 11.2. The summed E-state index contributed by atoms with van der Waals surface area (Å²) < 4.78 is 18.7. The SMILES string of the molecule is CC(C)NCc1nnc(N(C)c2cccc(F)c2)o1. The number of halogens is 1. The molecule has 2 rings (SSSR count). The number of benzene rings is 1. The standard InChI is InChI=1S/C13H17FN4O/c1-9(2)15-8-12-16-17-13(19-12)18(3)11-6-4-5-10(14)7-11/h4-7,9,15H,8H2,1-3H3. The molecular weight excluding hydrogens is 247 g/mol. The second-order valence-corrected chi connectivity index (χ2v) is 4.55. The molecule has 0 bridgehead atoms. The van der Waals surface area contributed by atoms with Crippen LogP contribution in [0.25, 0.3) is 0 Å². The van der Waals surface area contributed by atoms with Gasteiger partial charge in [0, 0.05) is 18.8 Å². The van der Waals surface area contributed by atoms with E-state index in [4.69, 9.17) is 4.42 Å². The molecule has 0 fully saturated rings. The smallest absolute Gasteiger partial charge is 0.322 e. The van der Waals surface area contributed by atoms with Gasteiger partial charge in [0.15, 0.2) is 0 Å². The molecule has 0 saturated carbocycles. The maximum atomic E-state index is 13.2. The number of hydrogen-bond acceptors (Lipinski definition) is 5. The van der Waals surface area contributed by atoms with Crippen molar-refractivity contribution in [2.75, 3.05) is 11.9 Å². The highest BCUT2D eigenvalue weighted by Crippen LogP contribution is 2.22. The minimum atomic E-state index is -0.300. The van der Waals surface area contributed by atoms with Crippen LogP contribution in [0.3, 0.4) is 0 Å². The van der Waals surface area contributed by atoms with E-state index in [1.165, 1.54) is 12.1 Å². The zero-order valence-electron chi connectivity index (χ0n) is 11.2. The molecule has 1 heterocycles. The summed E-state index contributed by atoms with van der Waals surface area (Å²) in [4.78, 5) is 1.65. The molecular formula is C13H17FN4O. The first-order chi connectivity index (χ1) is 9.06. The van der Waals surface area contributed by atoms with Crippen LogP contribution in [0.1, 0.15) is 19.7 Å². The van der Waals surface area contributed by atoms with Gasteiger partial charge >= 0.3 is 6.01 Å². The minimum absolute atomic E-state index is 0.300. The van der Waals surface area contributed by atoms with Crippen molar-refractivity contribution in [2.24, 2.45) is 0 Å². The van der Waals surface area contributed by atoms with Crippen molar-refractivity contribution in [3.05, 3.63) is 36.0 Å². The summed E-state index contributed by atoms with van der Waals surface area (Å²) in [7, 11) is 1.75. The van der Waals surface area contributed by atoms with Gasteiger partial charge < -0.3 is 9.73 Å². The van der Waals surface area contributed by atoms with E-state index >= 15 is 0 Å². The van der Waals surface area contributed by atoms with Crippen molar-refractivity contribution < 1.29 is 8.81 Å². The largest absolute Gasteiger partial charge is 0.406 e. The van der Waals surface area contributed by atoms with Crippen LogP contribution in [0.2, 0.25) is 0 Å². The van der Waals surface area contributed by atoms with E-state index in [9.17, 15) is 4.39 Å². The Kier molecular flexibility index (Phi) is 4.11. The highest BCUT2D eigenvalue weighted by Gasteiger charge is 2.12. The van der Waals surface area contributed by atoms with Gasteiger partial charge in [-0.05, 0) is 18.2 Å². The van der Waals surface area contributed by atoms with Crippen LogP contribution in [0.15, 0.2) is 28.7 Å².